The van der Waals surface area contributed by atoms with Gasteiger partial charge in [0.1, 0.15) is 6.04 Å². The molecule has 0 aliphatic carbocycles. The van der Waals surface area contributed by atoms with E-state index in [-0.39, 0.29) is 0 Å². The highest BCUT2D eigenvalue weighted by Crippen LogP contribution is 2.40. The fourth-order valence-corrected chi connectivity index (χ4v) is 3.28. The molecule has 2 heterocycles. The third-order valence-electron chi connectivity index (χ3n) is 4.63. The summed E-state index contributed by atoms with van der Waals surface area (Å²) in [5.74, 6) is 1.37. The quantitative estimate of drug-likeness (QED) is 0.777. The Hall–Kier alpha value is -2.81. The summed E-state index contributed by atoms with van der Waals surface area (Å²) in [6.45, 7) is 0.993. The second kappa shape index (κ2) is 8.26. The van der Waals surface area contributed by atoms with Gasteiger partial charge in [-0.3, -0.25) is 9.69 Å². The van der Waals surface area contributed by atoms with Crippen LogP contribution in [0.15, 0.2) is 16.7 Å². The Labute approximate surface area is 156 Å². The maximum atomic E-state index is 11.4. The zero-order valence-electron chi connectivity index (χ0n) is 15.6. The molecule has 3 rings (SSSR count). The van der Waals surface area contributed by atoms with Gasteiger partial charge in [0.15, 0.2) is 11.5 Å². The summed E-state index contributed by atoms with van der Waals surface area (Å²) >= 11 is 0. The van der Waals surface area contributed by atoms with Crippen LogP contribution in [0.25, 0.3) is 11.4 Å². The van der Waals surface area contributed by atoms with Crippen molar-refractivity contribution >= 4 is 5.97 Å². The number of carboxylic acids is 1. The molecule has 146 valence electrons. The van der Waals surface area contributed by atoms with E-state index < -0.39 is 12.0 Å². The number of likely N-dealkylation sites (tertiary alicyclic amines) is 1. The van der Waals surface area contributed by atoms with Crippen LogP contribution >= 0.6 is 0 Å². The van der Waals surface area contributed by atoms with Gasteiger partial charge in [0.2, 0.25) is 17.5 Å². The summed E-state index contributed by atoms with van der Waals surface area (Å²) in [4.78, 5) is 17.7. The highest BCUT2D eigenvalue weighted by molar-refractivity contribution is 5.73. The van der Waals surface area contributed by atoms with E-state index in [1.54, 1.807) is 12.1 Å². The molecule has 1 saturated heterocycles. The van der Waals surface area contributed by atoms with Crippen LogP contribution in [0.1, 0.15) is 25.2 Å². The zero-order chi connectivity index (χ0) is 19.4. The maximum Gasteiger partial charge on any atom is 0.320 e. The van der Waals surface area contributed by atoms with Crippen molar-refractivity contribution in [2.45, 2.75) is 31.8 Å². The van der Waals surface area contributed by atoms with Crippen LogP contribution in [0.4, 0.5) is 0 Å². The number of rotatable bonds is 7. The lowest BCUT2D eigenvalue weighted by Crippen LogP contribution is -2.44. The van der Waals surface area contributed by atoms with Crippen LogP contribution in [-0.4, -0.2) is 60.0 Å². The molecular formula is C18H23N3O6. The lowest BCUT2D eigenvalue weighted by Gasteiger charge is -2.31. The van der Waals surface area contributed by atoms with Gasteiger partial charge in [-0.05, 0) is 31.5 Å². The molecule has 0 amide bonds. The second-order valence-corrected chi connectivity index (χ2v) is 6.25. The van der Waals surface area contributed by atoms with Crippen molar-refractivity contribution in [2.75, 3.05) is 27.9 Å². The molecule has 0 bridgehead atoms. The predicted molar refractivity (Wildman–Crippen MR) is 95.1 cm³/mol. The lowest BCUT2D eigenvalue weighted by molar-refractivity contribution is -0.145. The summed E-state index contributed by atoms with van der Waals surface area (Å²) in [6, 6.07) is 2.95. The number of ether oxygens (including phenoxy) is 3. The van der Waals surface area contributed by atoms with Crippen molar-refractivity contribution in [1.82, 2.24) is 15.0 Å². The van der Waals surface area contributed by atoms with E-state index in [2.05, 4.69) is 10.1 Å². The summed E-state index contributed by atoms with van der Waals surface area (Å²) < 4.78 is 21.3. The number of methoxy groups -OCH3 is 3. The highest BCUT2D eigenvalue weighted by Gasteiger charge is 2.29. The fourth-order valence-electron chi connectivity index (χ4n) is 3.28. The molecule has 1 atom stereocenters. The molecule has 0 radical (unpaired) electrons. The molecule has 9 nitrogen and oxygen atoms in total. The molecule has 2 aromatic rings. The molecular weight excluding hydrogens is 354 g/mol. The number of hydrogen-bond donors (Lipinski definition) is 1. The molecule has 1 unspecified atom stereocenters. The SMILES string of the molecule is COc1cc(-c2noc(CN3CCCCC3C(=O)O)n2)cc(OC)c1OC. The molecule has 9 heteroatoms. The van der Waals surface area contributed by atoms with E-state index in [1.807, 2.05) is 4.90 Å². The van der Waals surface area contributed by atoms with Crippen molar-refractivity contribution in [1.29, 1.82) is 0 Å². The Morgan fingerprint density at radius 2 is 1.93 bits per heavy atom. The van der Waals surface area contributed by atoms with E-state index in [0.29, 0.717) is 54.0 Å². The number of aromatic nitrogens is 2. The normalized spacial score (nSPS) is 17.5. The molecule has 0 spiro atoms. The van der Waals surface area contributed by atoms with Crippen LogP contribution in [-0.2, 0) is 11.3 Å². The summed E-state index contributed by atoms with van der Waals surface area (Å²) in [6.07, 6.45) is 2.49. The third-order valence-corrected chi connectivity index (χ3v) is 4.63. The topological polar surface area (TPSA) is 107 Å². The first-order valence-electron chi connectivity index (χ1n) is 8.67. The average molecular weight is 377 g/mol. The second-order valence-electron chi connectivity index (χ2n) is 6.25. The Bertz CT molecular complexity index is 781. The number of piperidine rings is 1. The smallest absolute Gasteiger partial charge is 0.320 e. The van der Waals surface area contributed by atoms with Gasteiger partial charge >= 0.3 is 5.97 Å². The van der Waals surface area contributed by atoms with Crippen molar-refractivity contribution < 1.29 is 28.6 Å². The molecule has 1 N–H and O–H groups in total. The Morgan fingerprint density at radius 3 is 2.52 bits per heavy atom. The van der Waals surface area contributed by atoms with Gasteiger partial charge in [-0.1, -0.05) is 11.6 Å². The minimum absolute atomic E-state index is 0.300. The molecule has 0 saturated carbocycles. The number of aliphatic carboxylic acids is 1. The van der Waals surface area contributed by atoms with E-state index in [4.69, 9.17) is 18.7 Å². The zero-order valence-corrected chi connectivity index (χ0v) is 15.6. The molecule has 1 aromatic heterocycles. The average Bonchev–Trinajstić information content (AvgIpc) is 3.15. The Kier molecular flexibility index (Phi) is 5.80. The summed E-state index contributed by atoms with van der Waals surface area (Å²) in [5, 5.41) is 13.4. The van der Waals surface area contributed by atoms with Crippen LogP contribution in [0, 0.1) is 0 Å². The van der Waals surface area contributed by atoms with E-state index in [1.165, 1.54) is 21.3 Å². The molecule has 1 aliphatic rings. The van der Waals surface area contributed by atoms with Gasteiger partial charge < -0.3 is 23.8 Å². The fraction of sp³-hybridized carbons (Fsp3) is 0.500. The van der Waals surface area contributed by atoms with Gasteiger partial charge in [0.05, 0.1) is 27.9 Å². The summed E-state index contributed by atoms with van der Waals surface area (Å²) in [5.41, 5.74) is 0.646. The van der Waals surface area contributed by atoms with Gasteiger partial charge in [0, 0.05) is 5.56 Å². The van der Waals surface area contributed by atoms with Crippen molar-refractivity contribution in [3.63, 3.8) is 0 Å². The van der Waals surface area contributed by atoms with E-state index in [9.17, 15) is 9.90 Å². The van der Waals surface area contributed by atoms with E-state index in [0.717, 1.165) is 12.8 Å². The largest absolute Gasteiger partial charge is 0.493 e. The van der Waals surface area contributed by atoms with Crippen molar-refractivity contribution in [3.05, 3.63) is 18.0 Å². The number of benzene rings is 1. The Morgan fingerprint density at radius 1 is 1.22 bits per heavy atom. The third kappa shape index (κ3) is 3.97. The van der Waals surface area contributed by atoms with Crippen LogP contribution in [0.5, 0.6) is 17.2 Å². The van der Waals surface area contributed by atoms with Crippen molar-refractivity contribution in [3.8, 4) is 28.6 Å². The predicted octanol–water partition coefficient (Wildman–Crippen LogP) is 2.20. The Balaban J connectivity index is 1.84. The number of carbonyl (C=O) groups is 1. The molecule has 1 fully saturated rings. The van der Waals surface area contributed by atoms with Crippen LogP contribution < -0.4 is 14.2 Å². The molecule has 27 heavy (non-hydrogen) atoms. The standard InChI is InChI=1S/C18H23N3O6/c1-24-13-8-11(9-14(25-2)16(13)26-3)17-19-15(27-20-17)10-21-7-5-4-6-12(21)18(22)23/h8-9,12H,4-7,10H2,1-3H3,(H,22,23). The number of hydrogen-bond acceptors (Lipinski definition) is 8. The van der Waals surface area contributed by atoms with E-state index >= 15 is 0 Å². The van der Waals surface area contributed by atoms with Crippen molar-refractivity contribution in [2.24, 2.45) is 0 Å². The number of carboxylic acid groups (broad SMARTS) is 1. The first-order chi connectivity index (χ1) is 13.1. The molecule has 1 aliphatic heterocycles. The highest BCUT2D eigenvalue weighted by atomic mass is 16.5. The first-order valence-corrected chi connectivity index (χ1v) is 8.67. The minimum atomic E-state index is -0.820. The monoisotopic (exact) mass is 377 g/mol. The van der Waals surface area contributed by atoms with Gasteiger partial charge in [-0.15, -0.1) is 0 Å². The van der Waals surface area contributed by atoms with Gasteiger partial charge in [-0.2, -0.15) is 4.98 Å². The van der Waals surface area contributed by atoms with Crippen LogP contribution in [0.3, 0.4) is 0 Å². The van der Waals surface area contributed by atoms with Gasteiger partial charge in [-0.25, -0.2) is 0 Å². The minimum Gasteiger partial charge on any atom is -0.493 e. The number of nitrogens with zero attached hydrogens (tertiary/aromatic N) is 3. The lowest BCUT2D eigenvalue weighted by atomic mass is 10.0. The molecule has 1 aromatic carbocycles. The first kappa shape index (κ1) is 19.0. The van der Waals surface area contributed by atoms with Gasteiger partial charge in [0.25, 0.3) is 0 Å². The maximum absolute atomic E-state index is 11.4. The van der Waals surface area contributed by atoms with Crippen LogP contribution in [0.2, 0.25) is 0 Å². The summed E-state index contributed by atoms with van der Waals surface area (Å²) in [7, 11) is 4.60.